The zero-order valence-corrected chi connectivity index (χ0v) is 11.7. The molecular weight excluding hydrogens is 232 g/mol. The van der Waals surface area contributed by atoms with Gasteiger partial charge in [0, 0.05) is 6.54 Å². The Labute approximate surface area is 108 Å². The molecule has 0 aromatic carbocycles. The molecule has 0 heterocycles. The van der Waals surface area contributed by atoms with E-state index in [0.29, 0.717) is 30.7 Å². The van der Waals surface area contributed by atoms with Crippen molar-refractivity contribution in [1.29, 1.82) is 0 Å². The molecule has 1 aliphatic rings. The van der Waals surface area contributed by atoms with E-state index in [9.17, 15) is 9.59 Å². The van der Waals surface area contributed by atoms with Gasteiger partial charge in [0.05, 0.1) is 0 Å². The van der Waals surface area contributed by atoms with Gasteiger partial charge in [-0.2, -0.15) is 0 Å². The first-order chi connectivity index (χ1) is 8.21. The Morgan fingerprint density at radius 3 is 2.39 bits per heavy atom. The maximum atomic E-state index is 11.7. The fraction of sp³-hybridized carbons (Fsp3) is 0.846. The van der Waals surface area contributed by atoms with Gasteiger partial charge in [0.1, 0.15) is 5.54 Å². The molecule has 0 aromatic rings. The van der Waals surface area contributed by atoms with Crippen molar-refractivity contribution in [1.82, 2.24) is 10.6 Å². The number of aliphatic carboxylic acids is 1. The van der Waals surface area contributed by atoms with E-state index < -0.39 is 17.5 Å². The first-order valence-electron chi connectivity index (χ1n) is 6.50. The summed E-state index contributed by atoms with van der Waals surface area (Å²) in [6, 6.07) is -0.393. The van der Waals surface area contributed by atoms with E-state index in [2.05, 4.69) is 24.5 Å². The van der Waals surface area contributed by atoms with Crippen molar-refractivity contribution >= 4 is 12.0 Å². The fourth-order valence-electron chi connectivity index (χ4n) is 2.16. The molecule has 1 saturated carbocycles. The van der Waals surface area contributed by atoms with Crippen LogP contribution < -0.4 is 10.6 Å². The summed E-state index contributed by atoms with van der Waals surface area (Å²) in [5.41, 5.74) is -0.870. The quantitative estimate of drug-likeness (QED) is 0.680. The molecule has 0 radical (unpaired) electrons. The standard InChI is InChI=1S/C13H24N2O3/c1-5-6-13(4,10(16)17)15-11(18)14-8-9-7-12(9,2)3/h9H,5-8H2,1-4H3,(H,16,17)(H2,14,15,18). The lowest BCUT2D eigenvalue weighted by atomic mass is 9.97. The number of nitrogens with one attached hydrogen (secondary N) is 2. The van der Waals surface area contributed by atoms with E-state index in [1.165, 1.54) is 0 Å². The minimum absolute atomic E-state index is 0.312. The van der Waals surface area contributed by atoms with E-state index in [1.807, 2.05) is 6.92 Å². The lowest BCUT2D eigenvalue weighted by Crippen LogP contribution is -2.55. The number of carboxylic acid groups (broad SMARTS) is 1. The zero-order chi connectivity index (χ0) is 14.0. The summed E-state index contributed by atoms with van der Waals surface area (Å²) in [4.78, 5) is 22.9. The number of amides is 2. The number of hydrogen-bond donors (Lipinski definition) is 3. The summed E-state index contributed by atoms with van der Waals surface area (Å²) in [5, 5.41) is 14.5. The summed E-state index contributed by atoms with van der Waals surface area (Å²) in [6.45, 7) is 8.37. The van der Waals surface area contributed by atoms with Crippen LogP contribution in [0.2, 0.25) is 0 Å². The summed E-state index contributed by atoms with van der Waals surface area (Å²) in [5.74, 6) is -0.489. The molecule has 5 heteroatoms. The van der Waals surface area contributed by atoms with Crippen LogP contribution >= 0.6 is 0 Å². The summed E-state index contributed by atoms with van der Waals surface area (Å²) < 4.78 is 0. The predicted molar refractivity (Wildman–Crippen MR) is 69.4 cm³/mol. The topological polar surface area (TPSA) is 78.4 Å². The monoisotopic (exact) mass is 256 g/mol. The molecule has 1 rings (SSSR count). The Morgan fingerprint density at radius 2 is 2.00 bits per heavy atom. The zero-order valence-electron chi connectivity index (χ0n) is 11.7. The Morgan fingerprint density at radius 1 is 1.44 bits per heavy atom. The molecule has 0 saturated heterocycles. The molecule has 1 aliphatic carbocycles. The fourth-order valence-corrected chi connectivity index (χ4v) is 2.16. The molecule has 0 aliphatic heterocycles. The second-order valence-corrected chi connectivity index (χ2v) is 6.11. The molecule has 1 fully saturated rings. The molecule has 104 valence electrons. The SMILES string of the molecule is CCCC(C)(NC(=O)NCC1CC1(C)C)C(=O)O. The number of carboxylic acids is 1. The van der Waals surface area contributed by atoms with Crippen LogP contribution in [-0.4, -0.2) is 29.2 Å². The third kappa shape index (κ3) is 3.62. The van der Waals surface area contributed by atoms with Crippen molar-refractivity contribution < 1.29 is 14.7 Å². The highest BCUT2D eigenvalue weighted by Crippen LogP contribution is 2.50. The Kier molecular flexibility index (Phi) is 4.24. The number of carbonyl (C=O) groups is 2. The van der Waals surface area contributed by atoms with Gasteiger partial charge in [-0.25, -0.2) is 9.59 Å². The highest BCUT2D eigenvalue weighted by Gasteiger charge is 2.45. The molecule has 0 bridgehead atoms. The van der Waals surface area contributed by atoms with Crippen molar-refractivity contribution in [3.8, 4) is 0 Å². The maximum absolute atomic E-state index is 11.7. The van der Waals surface area contributed by atoms with Gasteiger partial charge in [-0.1, -0.05) is 27.2 Å². The lowest BCUT2D eigenvalue weighted by Gasteiger charge is -2.25. The van der Waals surface area contributed by atoms with E-state index in [-0.39, 0.29) is 0 Å². The van der Waals surface area contributed by atoms with Crippen LogP contribution in [0.5, 0.6) is 0 Å². The van der Waals surface area contributed by atoms with Gasteiger partial charge in [-0.3, -0.25) is 0 Å². The third-order valence-electron chi connectivity index (χ3n) is 3.84. The van der Waals surface area contributed by atoms with Crippen molar-refractivity contribution in [2.75, 3.05) is 6.54 Å². The first kappa shape index (κ1) is 14.8. The smallest absolute Gasteiger partial charge is 0.329 e. The minimum Gasteiger partial charge on any atom is -0.480 e. The number of hydrogen-bond acceptors (Lipinski definition) is 2. The summed E-state index contributed by atoms with van der Waals surface area (Å²) >= 11 is 0. The normalized spacial score (nSPS) is 23.9. The van der Waals surface area contributed by atoms with Crippen molar-refractivity contribution in [3.63, 3.8) is 0 Å². The summed E-state index contributed by atoms with van der Waals surface area (Å²) in [6.07, 6.45) is 2.24. The average Bonchev–Trinajstić information content (AvgIpc) is 2.83. The van der Waals surface area contributed by atoms with Crippen molar-refractivity contribution in [3.05, 3.63) is 0 Å². The molecule has 0 spiro atoms. The second kappa shape index (κ2) is 5.16. The molecule has 2 amide bonds. The van der Waals surface area contributed by atoms with Crippen LogP contribution in [0.1, 0.15) is 47.0 Å². The summed E-state index contributed by atoms with van der Waals surface area (Å²) in [7, 11) is 0. The third-order valence-corrected chi connectivity index (χ3v) is 3.84. The van der Waals surface area contributed by atoms with Crippen LogP contribution in [0.15, 0.2) is 0 Å². The van der Waals surface area contributed by atoms with Crippen LogP contribution in [0.3, 0.4) is 0 Å². The van der Waals surface area contributed by atoms with Gasteiger partial charge < -0.3 is 15.7 Å². The Hall–Kier alpha value is -1.26. The van der Waals surface area contributed by atoms with Gasteiger partial charge in [-0.15, -0.1) is 0 Å². The van der Waals surface area contributed by atoms with Crippen LogP contribution in [-0.2, 0) is 4.79 Å². The van der Waals surface area contributed by atoms with Crippen LogP contribution in [0.4, 0.5) is 4.79 Å². The van der Waals surface area contributed by atoms with Crippen molar-refractivity contribution in [2.24, 2.45) is 11.3 Å². The van der Waals surface area contributed by atoms with Gasteiger partial charge in [0.15, 0.2) is 0 Å². The Bertz CT molecular complexity index is 341. The van der Waals surface area contributed by atoms with Gasteiger partial charge in [0.25, 0.3) is 0 Å². The largest absolute Gasteiger partial charge is 0.480 e. The molecule has 18 heavy (non-hydrogen) atoms. The molecular formula is C13H24N2O3. The van der Waals surface area contributed by atoms with Gasteiger partial charge >= 0.3 is 12.0 Å². The predicted octanol–water partition coefficient (Wildman–Crippen LogP) is 1.98. The molecule has 2 unspecified atom stereocenters. The number of carbonyl (C=O) groups excluding carboxylic acids is 1. The van der Waals surface area contributed by atoms with Gasteiger partial charge in [0.2, 0.25) is 0 Å². The Balaban J connectivity index is 2.40. The average molecular weight is 256 g/mol. The highest BCUT2D eigenvalue weighted by atomic mass is 16.4. The highest BCUT2D eigenvalue weighted by molar-refractivity contribution is 5.85. The van der Waals surface area contributed by atoms with E-state index in [1.54, 1.807) is 6.92 Å². The van der Waals surface area contributed by atoms with E-state index in [4.69, 9.17) is 5.11 Å². The molecule has 2 atom stereocenters. The molecule has 3 N–H and O–H groups in total. The minimum atomic E-state index is -1.18. The lowest BCUT2D eigenvalue weighted by molar-refractivity contribution is -0.144. The number of urea groups is 1. The van der Waals surface area contributed by atoms with Gasteiger partial charge in [-0.05, 0) is 31.1 Å². The van der Waals surface area contributed by atoms with E-state index >= 15 is 0 Å². The second-order valence-electron chi connectivity index (χ2n) is 6.11. The van der Waals surface area contributed by atoms with Crippen LogP contribution in [0.25, 0.3) is 0 Å². The van der Waals surface area contributed by atoms with Crippen LogP contribution in [0, 0.1) is 11.3 Å². The molecule has 5 nitrogen and oxygen atoms in total. The molecule has 0 aromatic heterocycles. The first-order valence-corrected chi connectivity index (χ1v) is 6.50. The number of rotatable bonds is 6. The maximum Gasteiger partial charge on any atom is 0.329 e. The van der Waals surface area contributed by atoms with E-state index in [0.717, 1.165) is 6.42 Å². The van der Waals surface area contributed by atoms with Crippen molar-refractivity contribution in [2.45, 2.75) is 52.5 Å².